The van der Waals surface area contributed by atoms with Crippen LogP contribution >= 0.6 is 0 Å². The molecular weight excluding hydrogens is 212 g/mol. The van der Waals surface area contributed by atoms with Crippen LogP contribution in [-0.4, -0.2) is 22.4 Å². The molecule has 98 valence electrons. The Balaban J connectivity index is 2.06. The van der Waals surface area contributed by atoms with Gasteiger partial charge in [-0.3, -0.25) is 0 Å². The summed E-state index contributed by atoms with van der Waals surface area (Å²) in [6.45, 7) is 9.04. The molecule has 2 bridgehead atoms. The van der Waals surface area contributed by atoms with E-state index in [1.54, 1.807) is 0 Å². The highest BCUT2D eigenvalue weighted by molar-refractivity contribution is 5.18. The first-order valence-corrected chi connectivity index (χ1v) is 7.32. The summed E-state index contributed by atoms with van der Waals surface area (Å²) >= 11 is 0. The molecule has 0 aromatic rings. The minimum Gasteiger partial charge on any atom is -0.390 e. The molecule has 0 amide bonds. The smallest absolute Gasteiger partial charge is 0.0974 e. The Bertz CT molecular complexity index is 327. The van der Waals surface area contributed by atoms with Crippen LogP contribution in [0.5, 0.6) is 0 Å². The predicted octanol–water partition coefficient (Wildman–Crippen LogP) is 2.99. The highest BCUT2D eigenvalue weighted by Crippen LogP contribution is 2.63. The van der Waals surface area contributed by atoms with Crippen molar-refractivity contribution in [1.82, 2.24) is 0 Å². The molecule has 1 N–H and O–H groups in total. The zero-order valence-electron chi connectivity index (χ0n) is 11.6. The minimum atomic E-state index is -0.245. The molecule has 2 heterocycles. The van der Waals surface area contributed by atoms with Crippen LogP contribution in [0.15, 0.2) is 0 Å². The van der Waals surface area contributed by atoms with Gasteiger partial charge in [0.2, 0.25) is 0 Å². The monoisotopic (exact) mass is 238 g/mol. The molecule has 1 saturated carbocycles. The van der Waals surface area contributed by atoms with E-state index < -0.39 is 0 Å². The van der Waals surface area contributed by atoms with E-state index in [-0.39, 0.29) is 17.3 Å². The molecule has 3 fully saturated rings. The van der Waals surface area contributed by atoms with Gasteiger partial charge in [-0.1, -0.05) is 27.7 Å². The van der Waals surface area contributed by atoms with Crippen molar-refractivity contribution >= 4 is 0 Å². The molecule has 3 rings (SSSR count). The first-order valence-electron chi connectivity index (χ1n) is 7.32. The molecule has 0 aromatic carbocycles. The first-order chi connectivity index (χ1) is 7.94. The lowest BCUT2D eigenvalue weighted by Gasteiger charge is -2.46. The second-order valence-corrected chi connectivity index (χ2v) is 7.09. The Labute approximate surface area is 105 Å². The van der Waals surface area contributed by atoms with Crippen LogP contribution in [0.4, 0.5) is 0 Å². The van der Waals surface area contributed by atoms with E-state index in [1.165, 1.54) is 12.8 Å². The summed E-state index contributed by atoms with van der Waals surface area (Å²) in [5.41, 5.74) is -0.243. The van der Waals surface area contributed by atoms with Crippen LogP contribution in [0.25, 0.3) is 0 Å². The zero-order valence-corrected chi connectivity index (χ0v) is 11.6. The maximum atomic E-state index is 10.8. The number of fused-ring (bicyclic) bond motifs is 1. The molecule has 2 heteroatoms. The summed E-state index contributed by atoms with van der Waals surface area (Å²) in [6.07, 6.45) is 4.40. The third-order valence-corrected chi connectivity index (χ3v) is 6.17. The van der Waals surface area contributed by atoms with Gasteiger partial charge in [-0.25, -0.2) is 0 Å². The van der Waals surface area contributed by atoms with Gasteiger partial charge in [-0.05, 0) is 43.4 Å². The number of ether oxygens (including phenoxy) is 1. The van der Waals surface area contributed by atoms with Crippen molar-refractivity contribution in [3.63, 3.8) is 0 Å². The number of hydrogen-bond donors (Lipinski definition) is 1. The van der Waals surface area contributed by atoms with Crippen molar-refractivity contribution in [2.45, 2.75) is 70.7 Å². The molecule has 0 radical (unpaired) electrons. The fourth-order valence-electron chi connectivity index (χ4n) is 5.01. The summed E-state index contributed by atoms with van der Waals surface area (Å²) in [4.78, 5) is 0. The first kappa shape index (κ1) is 12.0. The van der Waals surface area contributed by atoms with Crippen molar-refractivity contribution in [2.24, 2.45) is 23.7 Å². The SMILES string of the molecule is CC(C)[C@]12CC[C@@H](C)[C@@]3(CC[C@@H](C)[C@H]3[C@@H]1O)O2. The fraction of sp³-hybridized carbons (Fsp3) is 1.00. The molecule has 2 nitrogen and oxygen atoms in total. The van der Waals surface area contributed by atoms with Crippen LogP contribution in [-0.2, 0) is 4.74 Å². The maximum absolute atomic E-state index is 10.8. The normalized spacial score (nSPS) is 57.5. The van der Waals surface area contributed by atoms with Gasteiger partial charge >= 0.3 is 0 Å². The second kappa shape index (κ2) is 3.48. The fourth-order valence-corrected chi connectivity index (χ4v) is 5.01. The van der Waals surface area contributed by atoms with Crippen molar-refractivity contribution < 1.29 is 9.84 Å². The standard InChI is InChI=1S/C15H26O2/c1-9(2)14-8-6-11(4)15(17-14)7-5-10(3)12(15)13(14)16/h9-13,16H,5-8H2,1-4H3/t10-,11-,12+,13+,14-,15-/m1/s1. The van der Waals surface area contributed by atoms with Gasteiger partial charge in [-0.15, -0.1) is 0 Å². The van der Waals surface area contributed by atoms with Crippen LogP contribution in [0.2, 0.25) is 0 Å². The highest BCUT2D eigenvalue weighted by atomic mass is 16.6. The lowest BCUT2D eigenvalue weighted by atomic mass is 9.76. The van der Waals surface area contributed by atoms with Crippen LogP contribution in [0, 0.1) is 23.7 Å². The molecule has 17 heavy (non-hydrogen) atoms. The van der Waals surface area contributed by atoms with Gasteiger partial charge in [0.05, 0.1) is 17.3 Å². The molecule has 2 aliphatic heterocycles. The van der Waals surface area contributed by atoms with E-state index in [0.29, 0.717) is 23.7 Å². The van der Waals surface area contributed by atoms with E-state index in [0.717, 1.165) is 12.8 Å². The van der Waals surface area contributed by atoms with Gasteiger partial charge in [0.25, 0.3) is 0 Å². The lowest BCUT2D eigenvalue weighted by molar-refractivity contribution is -0.199. The summed E-state index contributed by atoms with van der Waals surface area (Å²) in [5.74, 6) is 2.02. The Morgan fingerprint density at radius 3 is 2.53 bits per heavy atom. The third kappa shape index (κ3) is 1.24. The van der Waals surface area contributed by atoms with Crippen LogP contribution in [0.1, 0.15) is 53.4 Å². The Kier molecular flexibility index (Phi) is 2.45. The highest BCUT2D eigenvalue weighted by Gasteiger charge is 2.69. The zero-order chi connectivity index (χ0) is 12.4. The summed E-state index contributed by atoms with van der Waals surface area (Å²) in [6, 6.07) is 0. The molecule has 0 aromatic heterocycles. The van der Waals surface area contributed by atoms with Gasteiger partial charge in [0.15, 0.2) is 0 Å². The van der Waals surface area contributed by atoms with E-state index >= 15 is 0 Å². The maximum Gasteiger partial charge on any atom is 0.0974 e. The van der Waals surface area contributed by atoms with E-state index in [1.807, 2.05) is 0 Å². The number of rotatable bonds is 1. The Morgan fingerprint density at radius 1 is 1.18 bits per heavy atom. The molecule has 2 saturated heterocycles. The summed E-state index contributed by atoms with van der Waals surface area (Å²) < 4.78 is 6.60. The molecular formula is C15H26O2. The average molecular weight is 238 g/mol. The quantitative estimate of drug-likeness (QED) is 0.761. The molecule has 6 atom stereocenters. The minimum absolute atomic E-state index is 0.00134. The number of aliphatic hydroxyl groups is 1. The van der Waals surface area contributed by atoms with Gasteiger partial charge in [-0.2, -0.15) is 0 Å². The average Bonchev–Trinajstić information content (AvgIpc) is 2.70. The largest absolute Gasteiger partial charge is 0.390 e. The van der Waals surface area contributed by atoms with Crippen molar-refractivity contribution in [3.05, 3.63) is 0 Å². The van der Waals surface area contributed by atoms with Crippen molar-refractivity contribution in [2.75, 3.05) is 0 Å². The Hall–Kier alpha value is -0.0800. The van der Waals surface area contributed by atoms with Crippen LogP contribution in [0.3, 0.4) is 0 Å². The molecule has 1 aliphatic carbocycles. The van der Waals surface area contributed by atoms with Gasteiger partial charge < -0.3 is 9.84 Å². The molecule has 0 unspecified atom stereocenters. The van der Waals surface area contributed by atoms with Crippen LogP contribution < -0.4 is 0 Å². The van der Waals surface area contributed by atoms with E-state index in [2.05, 4.69) is 27.7 Å². The second-order valence-electron chi connectivity index (χ2n) is 7.09. The number of hydrogen-bond acceptors (Lipinski definition) is 2. The lowest BCUT2D eigenvalue weighted by Crippen LogP contribution is -2.50. The van der Waals surface area contributed by atoms with E-state index in [4.69, 9.17) is 4.74 Å². The van der Waals surface area contributed by atoms with Crippen molar-refractivity contribution in [3.8, 4) is 0 Å². The van der Waals surface area contributed by atoms with E-state index in [9.17, 15) is 5.11 Å². The Morgan fingerprint density at radius 2 is 1.88 bits per heavy atom. The topological polar surface area (TPSA) is 29.5 Å². The predicted molar refractivity (Wildman–Crippen MR) is 67.7 cm³/mol. The third-order valence-electron chi connectivity index (χ3n) is 6.17. The van der Waals surface area contributed by atoms with Crippen molar-refractivity contribution in [1.29, 1.82) is 0 Å². The summed E-state index contributed by atoms with van der Waals surface area (Å²) in [7, 11) is 0. The van der Waals surface area contributed by atoms with Gasteiger partial charge in [0.1, 0.15) is 0 Å². The molecule has 1 spiro atoms. The van der Waals surface area contributed by atoms with Gasteiger partial charge in [0, 0.05) is 5.92 Å². The summed E-state index contributed by atoms with van der Waals surface area (Å²) in [5, 5.41) is 10.8. The number of aliphatic hydroxyl groups excluding tert-OH is 1. The molecule has 3 aliphatic rings.